The van der Waals surface area contributed by atoms with Gasteiger partial charge in [-0.1, -0.05) is 29.8 Å². The molecule has 0 aliphatic carbocycles. The van der Waals surface area contributed by atoms with Crippen LogP contribution in [-0.4, -0.2) is 9.97 Å². The first-order chi connectivity index (χ1) is 11.5. The Labute approximate surface area is 144 Å². The largest absolute Gasteiger partial charge is 0.340 e. The lowest BCUT2D eigenvalue weighted by molar-refractivity contribution is 0.632. The van der Waals surface area contributed by atoms with Gasteiger partial charge in [-0.3, -0.25) is 0 Å². The molecule has 0 atom stereocenters. The average molecular weight is 343 g/mol. The van der Waals surface area contributed by atoms with E-state index in [2.05, 4.69) is 20.6 Å². The van der Waals surface area contributed by atoms with E-state index in [0.29, 0.717) is 28.2 Å². The van der Waals surface area contributed by atoms with Gasteiger partial charge in [0.05, 0.1) is 5.69 Å². The van der Waals surface area contributed by atoms with Crippen molar-refractivity contribution in [2.75, 3.05) is 10.6 Å². The first-order valence-corrected chi connectivity index (χ1v) is 7.79. The molecule has 0 fully saturated rings. The molecule has 1 aromatic heterocycles. The van der Waals surface area contributed by atoms with Crippen LogP contribution in [0.25, 0.3) is 0 Å². The van der Waals surface area contributed by atoms with Crippen LogP contribution in [0.15, 0.2) is 48.5 Å². The molecule has 2 N–H and O–H groups in total. The SMILES string of the molecule is Cc1nc(Nc2ccc(C)c(Cl)c2)cc(Nc2ccccc2F)n1. The molecule has 0 aliphatic heterocycles. The fourth-order valence-corrected chi connectivity index (χ4v) is 2.40. The third kappa shape index (κ3) is 3.81. The average Bonchev–Trinajstić information content (AvgIpc) is 2.53. The summed E-state index contributed by atoms with van der Waals surface area (Å²) in [4.78, 5) is 8.63. The van der Waals surface area contributed by atoms with Gasteiger partial charge in [0.1, 0.15) is 23.3 Å². The predicted molar refractivity (Wildman–Crippen MR) is 95.9 cm³/mol. The van der Waals surface area contributed by atoms with Crippen LogP contribution in [0.4, 0.5) is 27.4 Å². The maximum atomic E-state index is 13.8. The fourth-order valence-electron chi connectivity index (χ4n) is 2.21. The van der Waals surface area contributed by atoms with Crippen LogP contribution in [0.3, 0.4) is 0 Å². The number of aryl methyl sites for hydroxylation is 2. The third-order valence-corrected chi connectivity index (χ3v) is 3.83. The van der Waals surface area contributed by atoms with Crippen LogP contribution in [0.5, 0.6) is 0 Å². The molecule has 1 heterocycles. The molecule has 0 unspecified atom stereocenters. The molecule has 24 heavy (non-hydrogen) atoms. The maximum absolute atomic E-state index is 13.8. The van der Waals surface area contributed by atoms with Gasteiger partial charge in [-0.05, 0) is 43.7 Å². The van der Waals surface area contributed by atoms with Crippen molar-refractivity contribution >= 4 is 34.6 Å². The summed E-state index contributed by atoms with van der Waals surface area (Å²) in [5, 5.41) is 6.83. The van der Waals surface area contributed by atoms with Crippen LogP contribution in [-0.2, 0) is 0 Å². The number of rotatable bonds is 4. The van der Waals surface area contributed by atoms with E-state index in [4.69, 9.17) is 11.6 Å². The van der Waals surface area contributed by atoms with Crippen molar-refractivity contribution in [3.05, 3.63) is 70.8 Å². The molecule has 0 aliphatic rings. The predicted octanol–water partition coefficient (Wildman–Crippen LogP) is 5.37. The molecule has 2 aromatic carbocycles. The van der Waals surface area contributed by atoms with Crippen molar-refractivity contribution < 1.29 is 4.39 Å². The third-order valence-electron chi connectivity index (χ3n) is 3.42. The minimum atomic E-state index is -0.339. The second-order valence-corrected chi connectivity index (χ2v) is 5.79. The van der Waals surface area contributed by atoms with Crippen molar-refractivity contribution in [2.45, 2.75) is 13.8 Å². The van der Waals surface area contributed by atoms with Crippen LogP contribution < -0.4 is 10.6 Å². The van der Waals surface area contributed by atoms with E-state index in [0.717, 1.165) is 11.3 Å². The molecule has 3 rings (SSSR count). The number of hydrogen-bond donors (Lipinski definition) is 2. The number of para-hydroxylation sites is 1. The first-order valence-electron chi connectivity index (χ1n) is 7.42. The van der Waals surface area contributed by atoms with Gasteiger partial charge in [0, 0.05) is 16.8 Å². The number of benzene rings is 2. The molecule has 0 radical (unpaired) electrons. The second-order valence-electron chi connectivity index (χ2n) is 5.38. The van der Waals surface area contributed by atoms with Crippen LogP contribution >= 0.6 is 11.6 Å². The Morgan fingerprint density at radius 3 is 2.33 bits per heavy atom. The highest BCUT2D eigenvalue weighted by molar-refractivity contribution is 6.31. The monoisotopic (exact) mass is 342 g/mol. The molecule has 4 nitrogen and oxygen atoms in total. The van der Waals surface area contributed by atoms with Crippen LogP contribution in [0, 0.1) is 19.7 Å². The summed E-state index contributed by atoms with van der Waals surface area (Å²) in [5.41, 5.74) is 2.18. The highest BCUT2D eigenvalue weighted by Crippen LogP contribution is 2.24. The van der Waals surface area contributed by atoms with Crippen molar-refractivity contribution in [1.82, 2.24) is 9.97 Å². The molecule has 0 bridgehead atoms. The zero-order chi connectivity index (χ0) is 17.1. The Balaban J connectivity index is 1.86. The van der Waals surface area contributed by atoms with Crippen molar-refractivity contribution in [2.24, 2.45) is 0 Å². The topological polar surface area (TPSA) is 49.8 Å². The number of aromatic nitrogens is 2. The smallest absolute Gasteiger partial charge is 0.146 e. The lowest BCUT2D eigenvalue weighted by atomic mass is 10.2. The Kier molecular flexibility index (Phi) is 4.62. The molecule has 0 spiro atoms. The minimum absolute atomic E-state index is 0.339. The molecular weight excluding hydrogens is 327 g/mol. The van der Waals surface area contributed by atoms with Crippen LogP contribution in [0.1, 0.15) is 11.4 Å². The molecule has 0 saturated heterocycles. The molecule has 122 valence electrons. The second kappa shape index (κ2) is 6.84. The number of hydrogen-bond acceptors (Lipinski definition) is 4. The van der Waals surface area contributed by atoms with Crippen LogP contribution in [0.2, 0.25) is 5.02 Å². The highest BCUT2D eigenvalue weighted by atomic mass is 35.5. The molecule has 3 aromatic rings. The summed E-state index contributed by atoms with van der Waals surface area (Å²) in [5.74, 6) is 1.33. The fraction of sp³-hybridized carbons (Fsp3) is 0.111. The van der Waals surface area contributed by atoms with Gasteiger partial charge >= 0.3 is 0 Å². The van der Waals surface area contributed by atoms with Gasteiger partial charge in [0.2, 0.25) is 0 Å². The van der Waals surface area contributed by atoms with Crippen molar-refractivity contribution in [1.29, 1.82) is 0 Å². The Morgan fingerprint density at radius 2 is 1.62 bits per heavy atom. The van der Waals surface area contributed by atoms with Crippen molar-refractivity contribution in [3.63, 3.8) is 0 Å². The van der Waals surface area contributed by atoms with E-state index in [1.165, 1.54) is 6.07 Å². The summed E-state index contributed by atoms with van der Waals surface area (Å²) in [6.07, 6.45) is 0. The van der Waals surface area contributed by atoms with Gasteiger partial charge in [0.15, 0.2) is 0 Å². The van der Waals surface area contributed by atoms with E-state index >= 15 is 0 Å². The minimum Gasteiger partial charge on any atom is -0.340 e. The molecule has 6 heteroatoms. The van der Waals surface area contributed by atoms with E-state index < -0.39 is 0 Å². The zero-order valence-electron chi connectivity index (χ0n) is 13.3. The standard InChI is InChI=1S/C18H16ClFN4/c1-11-7-8-13(9-14(11)19)23-17-10-18(22-12(2)21-17)24-16-6-4-3-5-15(16)20/h3-10H,1-2H3,(H2,21,22,23,24). The number of anilines is 4. The number of halogens is 2. The maximum Gasteiger partial charge on any atom is 0.146 e. The normalized spacial score (nSPS) is 10.5. The van der Waals surface area contributed by atoms with Gasteiger partial charge < -0.3 is 10.6 Å². The quantitative estimate of drug-likeness (QED) is 0.669. The van der Waals surface area contributed by atoms with E-state index in [-0.39, 0.29) is 5.82 Å². The van der Waals surface area contributed by atoms with Gasteiger partial charge in [-0.25, -0.2) is 14.4 Å². The summed E-state index contributed by atoms with van der Waals surface area (Å²) >= 11 is 6.14. The number of nitrogens with one attached hydrogen (secondary N) is 2. The number of nitrogens with zero attached hydrogens (tertiary/aromatic N) is 2. The summed E-state index contributed by atoms with van der Waals surface area (Å²) < 4.78 is 13.8. The van der Waals surface area contributed by atoms with Gasteiger partial charge in [-0.2, -0.15) is 0 Å². The summed E-state index contributed by atoms with van der Waals surface area (Å²) in [6.45, 7) is 3.72. The Bertz CT molecular complexity index is 883. The van der Waals surface area contributed by atoms with Gasteiger partial charge in [-0.15, -0.1) is 0 Å². The zero-order valence-corrected chi connectivity index (χ0v) is 14.0. The molecule has 0 saturated carbocycles. The lowest BCUT2D eigenvalue weighted by Crippen LogP contribution is -2.02. The highest BCUT2D eigenvalue weighted by Gasteiger charge is 2.06. The van der Waals surface area contributed by atoms with E-state index in [9.17, 15) is 4.39 Å². The van der Waals surface area contributed by atoms with E-state index in [1.54, 1.807) is 31.2 Å². The molecule has 0 amide bonds. The Hall–Kier alpha value is -2.66. The van der Waals surface area contributed by atoms with Gasteiger partial charge in [0.25, 0.3) is 0 Å². The first kappa shape index (κ1) is 16.2. The lowest BCUT2D eigenvalue weighted by Gasteiger charge is -2.11. The summed E-state index contributed by atoms with van der Waals surface area (Å²) in [7, 11) is 0. The molecular formula is C18H16ClFN4. The van der Waals surface area contributed by atoms with E-state index in [1.807, 2.05) is 25.1 Å². The van der Waals surface area contributed by atoms with Crippen molar-refractivity contribution in [3.8, 4) is 0 Å². The summed E-state index contributed by atoms with van der Waals surface area (Å²) in [6, 6.07) is 13.8. The Morgan fingerprint density at radius 1 is 0.917 bits per heavy atom.